The molecular formula is C22H24F4N4O2. The number of benzene rings is 1. The van der Waals surface area contributed by atoms with E-state index in [0.29, 0.717) is 12.0 Å². The van der Waals surface area contributed by atoms with E-state index in [2.05, 4.69) is 10.3 Å². The number of piperidine rings is 1. The molecule has 2 amide bonds. The maximum absolute atomic E-state index is 14.6. The maximum atomic E-state index is 14.6. The average molecular weight is 452 g/mol. The summed E-state index contributed by atoms with van der Waals surface area (Å²) >= 11 is 0. The first-order valence-corrected chi connectivity index (χ1v) is 10.1. The van der Waals surface area contributed by atoms with Gasteiger partial charge in [-0.05, 0) is 42.7 Å². The molecule has 1 aliphatic rings. The highest BCUT2D eigenvalue weighted by Crippen LogP contribution is 2.47. The molecule has 1 aromatic heterocycles. The quantitative estimate of drug-likeness (QED) is 0.547. The summed E-state index contributed by atoms with van der Waals surface area (Å²) < 4.78 is 56.6. The fourth-order valence-corrected chi connectivity index (χ4v) is 3.91. The number of nitrogens with two attached hydrogens (primary N) is 1. The van der Waals surface area contributed by atoms with Crippen LogP contribution in [-0.2, 0) is 21.5 Å². The molecule has 2 aromatic rings. The van der Waals surface area contributed by atoms with Crippen molar-refractivity contribution < 1.29 is 27.2 Å². The average Bonchev–Trinajstić information content (AvgIpc) is 2.73. The van der Waals surface area contributed by atoms with E-state index < -0.39 is 53.8 Å². The predicted octanol–water partition coefficient (Wildman–Crippen LogP) is 3.86. The van der Waals surface area contributed by atoms with Crippen LogP contribution < -0.4 is 11.1 Å². The molecular weight excluding hydrogens is 428 g/mol. The number of carbonyl (C=O) groups is 2. The highest BCUT2D eigenvalue weighted by atomic mass is 19.3. The summed E-state index contributed by atoms with van der Waals surface area (Å²) in [6.07, 6.45) is 0.972. The molecule has 32 heavy (non-hydrogen) atoms. The fourth-order valence-electron chi connectivity index (χ4n) is 3.91. The second-order valence-corrected chi connectivity index (χ2v) is 8.23. The van der Waals surface area contributed by atoms with Crippen molar-refractivity contribution >= 4 is 23.3 Å². The van der Waals surface area contributed by atoms with E-state index in [-0.39, 0.29) is 17.1 Å². The van der Waals surface area contributed by atoms with E-state index in [1.165, 1.54) is 20.0 Å². The van der Waals surface area contributed by atoms with E-state index in [1.807, 2.05) is 6.92 Å². The van der Waals surface area contributed by atoms with Crippen LogP contribution in [0, 0.1) is 17.6 Å². The number of nitrogens with one attached hydrogen (secondary N) is 1. The van der Waals surface area contributed by atoms with E-state index in [0.717, 1.165) is 23.1 Å². The maximum Gasteiger partial charge on any atom is 0.313 e. The molecule has 3 rings (SSSR count). The normalized spacial score (nSPS) is 22.5. The van der Waals surface area contributed by atoms with Gasteiger partial charge in [0.25, 0.3) is 5.92 Å². The number of nitrogens with zero attached hydrogens (tertiary/aromatic N) is 2. The van der Waals surface area contributed by atoms with Gasteiger partial charge in [-0.15, -0.1) is 0 Å². The molecule has 2 atom stereocenters. The van der Waals surface area contributed by atoms with Gasteiger partial charge in [0.05, 0.1) is 17.4 Å². The number of nitrogen functional groups attached to an aromatic ring is 1. The lowest BCUT2D eigenvalue weighted by Gasteiger charge is -2.50. The lowest BCUT2D eigenvalue weighted by atomic mass is 9.76. The molecule has 0 aliphatic carbocycles. The molecule has 3 N–H and O–H groups in total. The number of amides is 2. The van der Waals surface area contributed by atoms with Gasteiger partial charge in [-0.3, -0.25) is 9.59 Å². The SMILES string of the molecule is CCc1cc(NC(=O)C(=O)N2C[C@@H](C)C(F)(F)C[C@@]2(C)c2ccc(F)c(F)c2)cnc1N. The molecule has 1 fully saturated rings. The molecule has 0 unspecified atom stereocenters. The summed E-state index contributed by atoms with van der Waals surface area (Å²) in [6.45, 7) is 3.96. The number of aryl methyl sites for hydroxylation is 1. The lowest BCUT2D eigenvalue weighted by molar-refractivity contribution is -0.172. The second-order valence-electron chi connectivity index (χ2n) is 8.23. The van der Waals surface area contributed by atoms with Crippen LogP contribution in [0.15, 0.2) is 30.5 Å². The number of anilines is 2. The molecule has 1 saturated heterocycles. The Hall–Kier alpha value is -3.17. The number of pyridine rings is 1. The first-order chi connectivity index (χ1) is 14.9. The van der Waals surface area contributed by atoms with Crippen LogP contribution in [0.25, 0.3) is 0 Å². The highest BCUT2D eigenvalue weighted by molar-refractivity contribution is 6.39. The third-order valence-electron chi connectivity index (χ3n) is 5.97. The first kappa shape index (κ1) is 23.5. The molecule has 0 saturated carbocycles. The van der Waals surface area contributed by atoms with Crippen LogP contribution in [0.4, 0.5) is 29.1 Å². The molecule has 1 aliphatic heterocycles. The van der Waals surface area contributed by atoms with Crippen LogP contribution in [0.5, 0.6) is 0 Å². The number of aromatic nitrogens is 1. The van der Waals surface area contributed by atoms with Crippen molar-refractivity contribution in [1.82, 2.24) is 9.88 Å². The molecule has 6 nitrogen and oxygen atoms in total. The van der Waals surface area contributed by atoms with E-state index in [4.69, 9.17) is 5.73 Å². The Balaban J connectivity index is 1.95. The summed E-state index contributed by atoms with van der Waals surface area (Å²) in [5.74, 6) is -8.67. The van der Waals surface area contributed by atoms with Crippen LogP contribution >= 0.6 is 0 Å². The van der Waals surface area contributed by atoms with Gasteiger partial charge in [0.1, 0.15) is 5.82 Å². The Kier molecular flexibility index (Phi) is 6.17. The molecule has 0 bridgehead atoms. The van der Waals surface area contributed by atoms with Gasteiger partial charge in [0.15, 0.2) is 11.6 Å². The second kappa shape index (κ2) is 8.40. The third-order valence-corrected chi connectivity index (χ3v) is 5.97. The number of hydrogen-bond acceptors (Lipinski definition) is 4. The number of hydrogen-bond donors (Lipinski definition) is 2. The summed E-state index contributed by atoms with van der Waals surface area (Å²) in [5, 5.41) is 2.42. The Morgan fingerprint density at radius 3 is 2.56 bits per heavy atom. The molecule has 10 heteroatoms. The van der Waals surface area contributed by atoms with Crippen molar-refractivity contribution in [2.75, 3.05) is 17.6 Å². The van der Waals surface area contributed by atoms with Crippen LogP contribution in [-0.4, -0.2) is 34.2 Å². The molecule has 0 radical (unpaired) electrons. The van der Waals surface area contributed by atoms with Gasteiger partial charge >= 0.3 is 11.8 Å². The van der Waals surface area contributed by atoms with Gasteiger partial charge < -0.3 is 16.0 Å². The summed E-state index contributed by atoms with van der Waals surface area (Å²) in [5.41, 5.74) is 4.85. The van der Waals surface area contributed by atoms with Crippen molar-refractivity contribution in [2.45, 2.75) is 45.1 Å². The zero-order valence-corrected chi connectivity index (χ0v) is 17.9. The Labute approximate surface area is 182 Å². The fraction of sp³-hybridized carbons (Fsp3) is 0.409. The van der Waals surface area contributed by atoms with Gasteiger partial charge in [0, 0.05) is 18.9 Å². The van der Waals surface area contributed by atoms with E-state index in [1.54, 1.807) is 6.07 Å². The molecule has 0 spiro atoms. The van der Waals surface area contributed by atoms with Gasteiger partial charge in [-0.1, -0.05) is 19.9 Å². The minimum atomic E-state index is -3.19. The topological polar surface area (TPSA) is 88.3 Å². The number of rotatable bonds is 3. The number of carbonyl (C=O) groups excluding carboxylic acids is 2. The first-order valence-electron chi connectivity index (χ1n) is 10.1. The van der Waals surface area contributed by atoms with Crippen LogP contribution in [0.2, 0.25) is 0 Å². The minimum Gasteiger partial charge on any atom is -0.383 e. The van der Waals surface area contributed by atoms with Crippen molar-refractivity contribution in [3.63, 3.8) is 0 Å². The zero-order chi connectivity index (χ0) is 23.8. The minimum absolute atomic E-state index is 0.0356. The lowest BCUT2D eigenvalue weighted by Crippen LogP contribution is -2.61. The van der Waals surface area contributed by atoms with Crippen molar-refractivity contribution in [3.05, 3.63) is 53.2 Å². The molecule has 1 aromatic carbocycles. The Morgan fingerprint density at radius 1 is 1.25 bits per heavy atom. The summed E-state index contributed by atoms with van der Waals surface area (Å²) in [4.78, 5) is 30.7. The molecule has 2 heterocycles. The zero-order valence-electron chi connectivity index (χ0n) is 17.9. The third kappa shape index (κ3) is 4.26. The van der Waals surface area contributed by atoms with Crippen molar-refractivity contribution in [1.29, 1.82) is 0 Å². The predicted molar refractivity (Wildman–Crippen MR) is 111 cm³/mol. The number of alkyl halides is 2. The Bertz CT molecular complexity index is 1060. The largest absolute Gasteiger partial charge is 0.383 e. The van der Waals surface area contributed by atoms with Crippen molar-refractivity contribution in [3.8, 4) is 0 Å². The van der Waals surface area contributed by atoms with Crippen molar-refractivity contribution in [2.24, 2.45) is 5.92 Å². The Morgan fingerprint density at radius 2 is 1.94 bits per heavy atom. The monoisotopic (exact) mass is 452 g/mol. The van der Waals surface area contributed by atoms with Gasteiger partial charge in [-0.2, -0.15) is 0 Å². The smallest absolute Gasteiger partial charge is 0.313 e. The number of likely N-dealkylation sites (tertiary alicyclic amines) is 1. The highest BCUT2D eigenvalue weighted by Gasteiger charge is 2.55. The standard InChI is InChI=1S/C22H24F4N4O2/c1-4-13-7-15(9-28-18(13)27)29-19(31)20(32)30-10-12(2)22(25,26)11-21(30,3)14-5-6-16(23)17(24)8-14/h5-9,12H,4,10-11H2,1-3H3,(H2,27,28)(H,29,31)/t12-,21+/m1/s1. The summed E-state index contributed by atoms with van der Waals surface area (Å²) in [6, 6.07) is 4.28. The van der Waals surface area contributed by atoms with Gasteiger partial charge in [0.2, 0.25) is 0 Å². The van der Waals surface area contributed by atoms with Crippen LogP contribution in [0.1, 0.15) is 38.3 Å². The number of halogens is 4. The van der Waals surface area contributed by atoms with E-state index >= 15 is 0 Å². The van der Waals surface area contributed by atoms with Gasteiger partial charge in [-0.25, -0.2) is 22.5 Å². The summed E-state index contributed by atoms with van der Waals surface area (Å²) in [7, 11) is 0. The van der Waals surface area contributed by atoms with Crippen LogP contribution in [0.3, 0.4) is 0 Å². The molecule has 172 valence electrons. The van der Waals surface area contributed by atoms with E-state index in [9.17, 15) is 27.2 Å².